The molecular formula is C18H24N2O. The van der Waals surface area contributed by atoms with Crippen LogP contribution in [0.4, 0.5) is 0 Å². The van der Waals surface area contributed by atoms with Crippen molar-refractivity contribution in [3.63, 3.8) is 0 Å². The van der Waals surface area contributed by atoms with Crippen LogP contribution >= 0.6 is 0 Å². The summed E-state index contributed by atoms with van der Waals surface area (Å²) in [6.07, 6.45) is 2.06. The van der Waals surface area contributed by atoms with Gasteiger partial charge >= 0.3 is 0 Å². The van der Waals surface area contributed by atoms with Gasteiger partial charge < -0.3 is 10.1 Å². The Kier molecular flexibility index (Phi) is 6.22. The van der Waals surface area contributed by atoms with Crippen LogP contribution < -0.4 is 10.1 Å². The third kappa shape index (κ3) is 5.20. The minimum Gasteiger partial charge on any atom is -0.473 e. The van der Waals surface area contributed by atoms with Crippen molar-refractivity contribution in [2.24, 2.45) is 0 Å². The van der Waals surface area contributed by atoms with Gasteiger partial charge in [-0.3, -0.25) is 0 Å². The van der Waals surface area contributed by atoms with Crippen LogP contribution in [0.25, 0.3) is 0 Å². The number of nitrogens with zero attached hydrogens (tertiary/aromatic N) is 1. The molecule has 3 heteroatoms. The quantitative estimate of drug-likeness (QED) is 0.750. The van der Waals surface area contributed by atoms with Gasteiger partial charge in [0.25, 0.3) is 0 Å². The summed E-state index contributed by atoms with van der Waals surface area (Å²) in [5.41, 5.74) is 3.47. The van der Waals surface area contributed by atoms with E-state index in [1.807, 2.05) is 24.3 Å². The van der Waals surface area contributed by atoms with Gasteiger partial charge in [0.1, 0.15) is 6.61 Å². The smallest absolute Gasteiger partial charge is 0.214 e. The molecule has 2 rings (SSSR count). The predicted octanol–water partition coefficient (Wildman–Crippen LogP) is 3.72. The van der Waals surface area contributed by atoms with E-state index in [0.717, 1.165) is 37.2 Å². The number of rotatable bonds is 8. The Balaban J connectivity index is 2.02. The molecule has 0 aliphatic heterocycles. The molecule has 0 unspecified atom stereocenters. The van der Waals surface area contributed by atoms with Crippen LogP contribution in [0, 0.1) is 0 Å². The summed E-state index contributed by atoms with van der Waals surface area (Å²) >= 11 is 0. The molecule has 0 fully saturated rings. The second-order valence-corrected chi connectivity index (χ2v) is 5.11. The second kappa shape index (κ2) is 8.42. The summed E-state index contributed by atoms with van der Waals surface area (Å²) in [6, 6.07) is 14.4. The van der Waals surface area contributed by atoms with Crippen molar-refractivity contribution in [2.45, 2.75) is 39.8 Å². The average Bonchev–Trinajstić information content (AvgIpc) is 2.54. The number of pyridine rings is 1. The first-order valence-electron chi connectivity index (χ1n) is 7.69. The van der Waals surface area contributed by atoms with Crippen molar-refractivity contribution in [3.05, 3.63) is 59.3 Å². The van der Waals surface area contributed by atoms with Crippen molar-refractivity contribution in [1.82, 2.24) is 10.3 Å². The van der Waals surface area contributed by atoms with E-state index < -0.39 is 0 Å². The molecule has 0 bridgehead atoms. The molecule has 0 aliphatic rings. The van der Waals surface area contributed by atoms with Gasteiger partial charge in [-0.25, -0.2) is 4.98 Å². The third-order valence-electron chi connectivity index (χ3n) is 3.26. The largest absolute Gasteiger partial charge is 0.473 e. The minimum atomic E-state index is 0.558. The third-order valence-corrected chi connectivity index (χ3v) is 3.26. The molecule has 0 saturated heterocycles. The zero-order chi connectivity index (χ0) is 14.9. The van der Waals surface area contributed by atoms with Gasteiger partial charge in [0.15, 0.2) is 0 Å². The summed E-state index contributed by atoms with van der Waals surface area (Å²) < 4.78 is 5.84. The van der Waals surface area contributed by atoms with Crippen molar-refractivity contribution in [1.29, 1.82) is 0 Å². The first-order valence-corrected chi connectivity index (χ1v) is 7.69. The van der Waals surface area contributed by atoms with Crippen molar-refractivity contribution >= 4 is 0 Å². The molecule has 112 valence electrons. The maximum atomic E-state index is 5.84. The number of hydrogen-bond donors (Lipinski definition) is 1. The average molecular weight is 284 g/mol. The van der Waals surface area contributed by atoms with Crippen molar-refractivity contribution in [3.8, 4) is 5.88 Å². The highest BCUT2D eigenvalue weighted by molar-refractivity contribution is 5.26. The van der Waals surface area contributed by atoms with Gasteiger partial charge in [0, 0.05) is 18.3 Å². The molecule has 1 aromatic heterocycles. The topological polar surface area (TPSA) is 34.2 Å². The Hall–Kier alpha value is -1.87. The van der Waals surface area contributed by atoms with E-state index in [0.29, 0.717) is 12.5 Å². The fourth-order valence-corrected chi connectivity index (χ4v) is 2.12. The zero-order valence-electron chi connectivity index (χ0n) is 12.9. The van der Waals surface area contributed by atoms with E-state index >= 15 is 0 Å². The van der Waals surface area contributed by atoms with E-state index in [4.69, 9.17) is 4.74 Å². The maximum Gasteiger partial charge on any atom is 0.214 e. The number of nitrogens with one attached hydrogen (secondary N) is 1. The highest BCUT2D eigenvalue weighted by Gasteiger charge is 2.03. The van der Waals surface area contributed by atoms with Crippen LogP contribution in [0.2, 0.25) is 0 Å². The van der Waals surface area contributed by atoms with E-state index in [-0.39, 0.29) is 0 Å². The monoisotopic (exact) mass is 284 g/mol. The van der Waals surface area contributed by atoms with E-state index in [9.17, 15) is 0 Å². The molecule has 2 aromatic rings. The van der Waals surface area contributed by atoms with Gasteiger partial charge in [-0.15, -0.1) is 0 Å². The normalized spacial score (nSPS) is 10.6. The van der Waals surface area contributed by atoms with Crippen molar-refractivity contribution < 1.29 is 4.74 Å². The number of benzene rings is 1. The predicted molar refractivity (Wildman–Crippen MR) is 86.4 cm³/mol. The van der Waals surface area contributed by atoms with E-state index in [1.54, 1.807) is 0 Å². The van der Waals surface area contributed by atoms with Crippen LogP contribution in [0.15, 0.2) is 42.5 Å². The van der Waals surface area contributed by atoms with E-state index in [1.165, 1.54) is 5.56 Å². The molecule has 1 aromatic carbocycles. The number of hydrogen-bond acceptors (Lipinski definition) is 3. The summed E-state index contributed by atoms with van der Waals surface area (Å²) in [5, 5.41) is 3.42. The SMILES string of the molecule is CCCNCc1cc(CC)nc(OCc2ccccc2)c1. The summed E-state index contributed by atoms with van der Waals surface area (Å²) in [5.74, 6) is 0.714. The molecule has 0 spiro atoms. The van der Waals surface area contributed by atoms with Crippen LogP contribution in [0.3, 0.4) is 0 Å². The lowest BCUT2D eigenvalue weighted by atomic mass is 10.2. The molecule has 0 aliphatic carbocycles. The van der Waals surface area contributed by atoms with Gasteiger partial charge in [-0.2, -0.15) is 0 Å². The summed E-state index contributed by atoms with van der Waals surface area (Å²) in [6.45, 7) is 6.75. The molecule has 0 saturated carbocycles. The van der Waals surface area contributed by atoms with Crippen LogP contribution in [0.5, 0.6) is 5.88 Å². The summed E-state index contributed by atoms with van der Waals surface area (Å²) in [7, 11) is 0. The van der Waals surface area contributed by atoms with Gasteiger partial charge in [-0.05, 0) is 36.6 Å². The Morgan fingerprint density at radius 1 is 1.05 bits per heavy atom. The molecule has 0 amide bonds. The zero-order valence-corrected chi connectivity index (χ0v) is 12.9. The highest BCUT2D eigenvalue weighted by atomic mass is 16.5. The molecular weight excluding hydrogens is 260 g/mol. The molecule has 1 heterocycles. The van der Waals surface area contributed by atoms with E-state index in [2.05, 4.69) is 42.3 Å². The minimum absolute atomic E-state index is 0.558. The molecule has 1 N–H and O–H groups in total. The molecule has 21 heavy (non-hydrogen) atoms. The Bertz CT molecular complexity index is 540. The Labute approximate surface area is 127 Å². The first kappa shape index (κ1) is 15.5. The molecule has 3 nitrogen and oxygen atoms in total. The Morgan fingerprint density at radius 2 is 1.86 bits per heavy atom. The fourth-order valence-electron chi connectivity index (χ4n) is 2.12. The van der Waals surface area contributed by atoms with Crippen LogP contribution in [-0.4, -0.2) is 11.5 Å². The lowest BCUT2D eigenvalue weighted by Gasteiger charge is -2.10. The Morgan fingerprint density at radius 3 is 2.57 bits per heavy atom. The van der Waals surface area contributed by atoms with Gasteiger partial charge in [0.2, 0.25) is 5.88 Å². The standard InChI is InChI=1S/C18H24N2O/c1-3-10-19-13-16-11-17(4-2)20-18(12-16)21-14-15-8-6-5-7-9-15/h5-9,11-12,19H,3-4,10,13-14H2,1-2H3. The lowest BCUT2D eigenvalue weighted by Crippen LogP contribution is -2.14. The van der Waals surface area contributed by atoms with Crippen LogP contribution in [-0.2, 0) is 19.6 Å². The fraction of sp³-hybridized carbons (Fsp3) is 0.389. The highest BCUT2D eigenvalue weighted by Crippen LogP contribution is 2.15. The van der Waals surface area contributed by atoms with Crippen molar-refractivity contribution in [2.75, 3.05) is 6.54 Å². The number of ether oxygens (including phenoxy) is 1. The number of aryl methyl sites for hydroxylation is 1. The van der Waals surface area contributed by atoms with Gasteiger partial charge in [0.05, 0.1) is 0 Å². The maximum absolute atomic E-state index is 5.84. The second-order valence-electron chi connectivity index (χ2n) is 5.11. The first-order chi connectivity index (χ1) is 10.3. The number of aromatic nitrogens is 1. The van der Waals surface area contributed by atoms with Gasteiger partial charge in [-0.1, -0.05) is 44.2 Å². The van der Waals surface area contributed by atoms with Crippen LogP contribution in [0.1, 0.15) is 37.1 Å². The summed E-state index contributed by atoms with van der Waals surface area (Å²) in [4.78, 5) is 4.55. The lowest BCUT2D eigenvalue weighted by molar-refractivity contribution is 0.292. The molecule has 0 atom stereocenters. The molecule has 0 radical (unpaired) electrons.